The topological polar surface area (TPSA) is 55.8 Å². The molecule has 1 unspecified atom stereocenters. The summed E-state index contributed by atoms with van der Waals surface area (Å²) in [5, 5.41) is 0. The Hall–Kier alpha value is -2.04. The average Bonchev–Trinajstić information content (AvgIpc) is 2.53. The second kappa shape index (κ2) is 7.49. The first kappa shape index (κ1) is 17.3. The number of nitrogens with zero attached hydrogens (tertiary/aromatic N) is 1. The van der Waals surface area contributed by atoms with Gasteiger partial charge in [-0.3, -0.25) is 9.59 Å². The summed E-state index contributed by atoms with van der Waals surface area (Å²) in [6, 6.07) is 3.37. The van der Waals surface area contributed by atoms with Gasteiger partial charge in [0.2, 0.25) is 0 Å². The summed E-state index contributed by atoms with van der Waals surface area (Å²) < 4.78 is 11.5. The molecular formula is C18H25NO4. The van der Waals surface area contributed by atoms with Gasteiger partial charge in [0.25, 0.3) is 5.91 Å². The minimum Gasteiger partial charge on any atom is -0.490 e. The summed E-state index contributed by atoms with van der Waals surface area (Å²) in [6.07, 6.45) is 1.74. The van der Waals surface area contributed by atoms with Gasteiger partial charge in [0.15, 0.2) is 17.6 Å². The fourth-order valence-electron chi connectivity index (χ4n) is 2.62. The minimum atomic E-state index is -0.504. The van der Waals surface area contributed by atoms with E-state index in [9.17, 15) is 9.59 Å². The molecule has 1 aliphatic heterocycles. The number of rotatable bonds is 7. The first-order chi connectivity index (χ1) is 11.0. The Morgan fingerprint density at radius 1 is 1.35 bits per heavy atom. The second-order valence-corrected chi connectivity index (χ2v) is 6.11. The molecule has 1 atom stereocenters. The molecule has 0 aromatic heterocycles. The molecule has 1 aromatic rings. The van der Waals surface area contributed by atoms with E-state index in [1.54, 1.807) is 17.0 Å². The third-order valence-corrected chi connectivity index (χ3v) is 3.89. The number of carbonyl (C=O) groups is 2. The number of anilines is 1. The van der Waals surface area contributed by atoms with Crippen LogP contribution in [0.5, 0.6) is 11.5 Å². The monoisotopic (exact) mass is 319 g/mol. The lowest BCUT2D eigenvalue weighted by Gasteiger charge is -2.35. The molecule has 5 heteroatoms. The van der Waals surface area contributed by atoms with Crippen LogP contribution in [0.4, 0.5) is 5.69 Å². The highest BCUT2D eigenvalue weighted by molar-refractivity contribution is 6.01. The maximum absolute atomic E-state index is 12.7. The summed E-state index contributed by atoms with van der Waals surface area (Å²) in [6.45, 7) is 9.12. The molecule has 0 N–H and O–H groups in total. The van der Waals surface area contributed by atoms with Gasteiger partial charge in [-0.05, 0) is 37.8 Å². The normalized spacial score (nSPS) is 17.0. The molecule has 1 heterocycles. The van der Waals surface area contributed by atoms with Crippen LogP contribution in [-0.2, 0) is 4.79 Å². The summed E-state index contributed by atoms with van der Waals surface area (Å²) in [4.78, 5) is 25.6. The maximum atomic E-state index is 12.7. The molecular weight excluding hydrogens is 294 g/mol. The molecule has 1 amide bonds. The van der Waals surface area contributed by atoms with Gasteiger partial charge in [0, 0.05) is 12.1 Å². The van der Waals surface area contributed by atoms with Crippen LogP contribution in [0.1, 0.15) is 50.9 Å². The second-order valence-electron chi connectivity index (χ2n) is 6.11. The third-order valence-electron chi connectivity index (χ3n) is 3.89. The van der Waals surface area contributed by atoms with Gasteiger partial charge >= 0.3 is 0 Å². The van der Waals surface area contributed by atoms with Crippen LogP contribution in [0, 0.1) is 5.92 Å². The molecule has 0 saturated heterocycles. The largest absolute Gasteiger partial charge is 0.490 e. The molecule has 0 bridgehead atoms. The van der Waals surface area contributed by atoms with Crippen molar-refractivity contribution >= 4 is 17.9 Å². The van der Waals surface area contributed by atoms with Crippen molar-refractivity contribution in [2.45, 2.75) is 46.6 Å². The van der Waals surface area contributed by atoms with E-state index in [0.29, 0.717) is 48.2 Å². The molecule has 1 aliphatic rings. The van der Waals surface area contributed by atoms with Crippen LogP contribution in [-0.4, -0.2) is 31.4 Å². The molecule has 0 aliphatic carbocycles. The summed E-state index contributed by atoms with van der Waals surface area (Å²) in [5.74, 6) is 1.51. The molecule has 5 nitrogen and oxygen atoms in total. The number of hydrogen-bond acceptors (Lipinski definition) is 4. The van der Waals surface area contributed by atoms with Gasteiger partial charge in [-0.2, -0.15) is 0 Å². The van der Waals surface area contributed by atoms with Gasteiger partial charge in [0.05, 0.1) is 12.3 Å². The lowest BCUT2D eigenvalue weighted by molar-refractivity contribution is -0.126. The molecule has 0 radical (unpaired) electrons. The first-order valence-corrected chi connectivity index (χ1v) is 8.25. The number of hydrogen-bond donors (Lipinski definition) is 0. The van der Waals surface area contributed by atoms with Crippen molar-refractivity contribution in [2.24, 2.45) is 5.92 Å². The van der Waals surface area contributed by atoms with Gasteiger partial charge in [0.1, 0.15) is 6.29 Å². The Morgan fingerprint density at radius 3 is 2.65 bits per heavy atom. The molecule has 0 saturated carbocycles. The predicted octanol–water partition coefficient (Wildman–Crippen LogP) is 3.45. The van der Waals surface area contributed by atoms with Crippen molar-refractivity contribution in [3.63, 3.8) is 0 Å². The van der Waals surface area contributed by atoms with E-state index in [2.05, 4.69) is 13.8 Å². The van der Waals surface area contributed by atoms with E-state index in [0.717, 1.165) is 12.7 Å². The summed E-state index contributed by atoms with van der Waals surface area (Å²) >= 11 is 0. The molecule has 1 aromatic carbocycles. The average molecular weight is 319 g/mol. The lowest BCUT2D eigenvalue weighted by Crippen LogP contribution is -2.46. The quantitative estimate of drug-likeness (QED) is 0.722. The lowest BCUT2D eigenvalue weighted by atomic mass is 10.1. The standard InChI is InChI=1S/C18H25NO4/c1-5-15-18(21)19(8-7-12(3)4)14-9-13(11-20)10-16(22-6-2)17(14)23-15/h9-12,15H,5-8H2,1-4H3. The zero-order valence-corrected chi connectivity index (χ0v) is 14.3. The SMILES string of the molecule is CCOc1cc(C=O)cc2c1OC(CC)C(=O)N2CCC(C)C. The molecule has 2 rings (SSSR count). The van der Waals surface area contributed by atoms with E-state index in [1.165, 1.54) is 0 Å². The highest BCUT2D eigenvalue weighted by Crippen LogP contribution is 2.43. The van der Waals surface area contributed by atoms with Crippen molar-refractivity contribution in [1.82, 2.24) is 0 Å². The zero-order valence-electron chi connectivity index (χ0n) is 14.3. The summed E-state index contributed by atoms with van der Waals surface area (Å²) in [5.41, 5.74) is 1.11. The van der Waals surface area contributed by atoms with E-state index in [4.69, 9.17) is 9.47 Å². The third kappa shape index (κ3) is 3.66. The van der Waals surface area contributed by atoms with E-state index >= 15 is 0 Å². The van der Waals surface area contributed by atoms with Gasteiger partial charge in [-0.1, -0.05) is 20.8 Å². The molecule has 0 fully saturated rings. The van der Waals surface area contributed by atoms with Crippen molar-refractivity contribution in [2.75, 3.05) is 18.1 Å². The van der Waals surface area contributed by atoms with E-state index < -0.39 is 6.10 Å². The highest BCUT2D eigenvalue weighted by atomic mass is 16.5. The van der Waals surface area contributed by atoms with Crippen LogP contribution in [0.3, 0.4) is 0 Å². The van der Waals surface area contributed by atoms with Crippen LogP contribution in [0.25, 0.3) is 0 Å². The maximum Gasteiger partial charge on any atom is 0.268 e. The predicted molar refractivity (Wildman–Crippen MR) is 89.5 cm³/mol. The van der Waals surface area contributed by atoms with Crippen LogP contribution in [0.15, 0.2) is 12.1 Å². The van der Waals surface area contributed by atoms with Crippen molar-refractivity contribution < 1.29 is 19.1 Å². The fraction of sp³-hybridized carbons (Fsp3) is 0.556. The smallest absolute Gasteiger partial charge is 0.268 e. The van der Waals surface area contributed by atoms with Gasteiger partial charge in [-0.25, -0.2) is 0 Å². The summed E-state index contributed by atoms with van der Waals surface area (Å²) in [7, 11) is 0. The highest BCUT2D eigenvalue weighted by Gasteiger charge is 2.35. The Morgan fingerprint density at radius 2 is 2.09 bits per heavy atom. The Balaban J connectivity index is 2.50. The minimum absolute atomic E-state index is 0.0499. The Kier molecular flexibility index (Phi) is 5.64. The van der Waals surface area contributed by atoms with Crippen molar-refractivity contribution in [3.8, 4) is 11.5 Å². The number of fused-ring (bicyclic) bond motifs is 1. The number of carbonyl (C=O) groups excluding carboxylic acids is 2. The number of ether oxygens (including phenoxy) is 2. The van der Waals surface area contributed by atoms with Gasteiger partial charge in [-0.15, -0.1) is 0 Å². The molecule has 126 valence electrons. The van der Waals surface area contributed by atoms with Crippen LogP contribution in [0.2, 0.25) is 0 Å². The number of aldehydes is 1. The van der Waals surface area contributed by atoms with Gasteiger partial charge < -0.3 is 14.4 Å². The Bertz CT molecular complexity index is 583. The number of benzene rings is 1. The fourth-order valence-corrected chi connectivity index (χ4v) is 2.62. The number of amides is 1. The van der Waals surface area contributed by atoms with Crippen molar-refractivity contribution in [1.29, 1.82) is 0 Å². The molecule has 0 spiro atoms. The van der Waals surface area contributed by atoms with E-state index in [1.807, 2.05) is 13.8 Å². The first-order valence-electron chi connectivity index (χ1n) is 8.25. The van der Waals surface area contributed by atoms with Crippen molar-refractivity contribution in [3.05, 3.63) is 17.7 Å². The van der Waals surface area contributed by atoms with Crippen LogP contribution < -0.4 is 14.4 Å². The van der Waals surface area contributed by atoms with E-state index in [-0.39, 0.29) is 5.91 Å². The molecule has 23 heavy (non-hydrogen) atoms. The zero-order chi connectivity index (χ0) is 17.0. The van der Waals surface area contributed by atoms with Crippen LogP contribution >= 0.6 is 0 Å². The Labute approximate surface area is 137 Å².